The molecule has 0 spiro atoms. The Morgan fingerprint density at radius 3 is 2.73 bits per heavy atom. The molecule has 0 fully saturated rings. The first-order chi connectivity index (χ1) is 10.4. The number of carbonyl (C=O) groups excluding carboxylic acids is 1. The number of anilines is 1. The van der Waals surface area contributed by atoms with E-state index in [9.17, 15) is 10.1 Å². The van der Waals surface area contributed by atoms with E-state index in [1.54, 1.807) is 7.11 Å². The Balaban J connectivity index is 2.39. The minimum absolute atomic E-state index is 0.182. The van der Waals surface area contributed by atoms with Gasteiger partial charge in [-0.1, -0.05) is 18.2 Å². The molecule has 1 heterocycles. The number of amides is 1. The van der Waals surface area contributed by atoms with E-state index in [-0.39, 0.29) is 12.3 Å². The second-order valence-electron chi connectivity index (χ2n) is 5.78. The summed E-state index contributed by atoms with van der Waals surface area (Å²) in [6.07, 6.45) is 0.182. The van der Waals surface area contributed by atoms with Gasteiger partial charge in [0.05, 0.1) is 23.1 Å². The van der Waals surface area contributed by atoms with Crippen LogP contribution in [0.15, 0.2) is 24.3 Å². The summed E-state index contributed by atoms with van der Waals surface area (Å²) in [4.78, 5) is 16.6. The number of benzene rings is 1. The topological polar surface area (TPSA) is 75.0 Å². The molecule has 0 aliphatic carbocycles. The highest BCUT2D eigenvalue weighted by atomic mass is 16.5. The predicted octanol–water partition coefficient (Wildman–Crippen LogP) is 3.17. The molecule has 22 heavy (non-hydrogen) atoms. The summed E-state index contributed by atoms with van der Waals surface area (Å²) in [5.74, 6) is 0.0705. The van der Waals surface area contributed by atoms with Gasteiger partial charge in [0.1, 0.15) is 6.07 Å². The lowest BCUT2D eigenvalue weighted by Gasteiger charge is -2.22. The lowest BCUT2D eigenvalue weighted by molar-refractivity contribution is -0.121. The summed E-state index contributed by atoms with van der Waals surface area (Å²) in [5, 5.41) is 13.0. The average Bonchev–Trinajstić information content (AvgIpc) is 2.47. The molecule has 0 saturated carbocycles. The molecule has 2 aromatic rings. The minimum atomic E-state index is -0.567. The van der Waals surface area contributed by atoms with Crippen LogP contribution < -0.4 is 5.32 Å². The van der Waals surface area contributed by atoms with Gasteiger partial charge in [-0.3, -0.25) is 4.79 Å². The maximum Gasteiger partial charge on any atom is 0.228 e. The molecule has 1 N–H and O–H groups in total. The van der Waals surface area contributed by atoms with E-state index in [1.807, 2.05) is 45.0 Å². The van der Waals surface area contributed by atoms with E-state index < -0.39 is 5.60 Å². The van der Waals surface area contributed by atoms with E-state index >= 15 is 0 Å². The Hall–Kier alpha value is -2.45. The van der Waals surface area contributed by atoms with E-state index in [0.29, 0.717) is 11.4 Å². The van der Waals surface area contributed by atoms with Gasteiger partial charge in [-0.05, 0) is 32.4 Å². The van der Waals surface area contributed by atoms with Crippen LogP contribution in [0, 0.1) is 18.3 Å². The lowest BCUT2D eigenvalue weighted by Crippen LogP contribution is -2.30. The Kier molecular flexibility index (Phi) is 4.43. The van der Waals surface area contributed by atoms with Gasteiger partial charge in [0.2, 0.25) is 5.91 Å². The number of aromatic nitrogens is 1. The lowest BCUT2D eigenvalue weighted by atomic mass is 10.0. The molecule has 0 unspecified atom stereocenters. The SMILES string of the molecule is COC(C)(C)CC(=O)Nc1nc2ccccc2c(C)c1C#N. The molecule has 1 aromatic heterocycles. The van der Waals surface area contributed by atoms with Crippen LogP contribution in [0.2, 0.25) is 0 Å². The minimum Gasteiger partial charge on any atom is -0.378 e. The van der Waals surface area contributed by atoms with Crippen LogP contribution in [0.1, 0.15) is 31.4 Å². The number of hydrogen-bond acceptors (Lipinski definition) is 4. The summed E-state index contributed by atoms with van der Waals surface area (Å²) in [5.41, 5.74) is 1.39. The molecule has 0 saturated heterocycles. The quantitative estimate of drug-likeness (QED) is 0.940. The van der Waals surface area contributed by atoms with Crippen LogP contribution >= 0.6 is 0 Å². The summed E-state index contributed by atoms with van der Waals surface area (Å²) in [6.45, 7) is 5.52. The molecule has 0 atom stereocenters. The van der Waals surface area contributed by atoms with E-state index in [0.717, 1.165) is 16.5 Å². The number of ether oxygens (including phenoxy) is 1. The zero-order valence-corrected chi connectivity index (χ0v) is 13.2. The largest absolute Gasteiger partial charge is 0.378 e. The first-order valence-electron chi connectivity index (χ1n) is 7.02. The van der Waals surface area contributed by atoms with Crippen molar-refractivity contribution in [3.8, 4) is 6.07 Å². The average molecular weight is 297 g/mol. The molecule has 114 valence electrons. The molecular formula is C17H19N3O2. The van der Waals surface area contributed by atoms with Gasteiger partial charge >= 0.3 is 0 Å². The Morgan fingerprint density at radius 1 is 1.41 bits per heavy atom. The summed E-state index contributed by atoms with van der Waals surface area (Å²) >= 11 is 0. The Labute approximate surface area is 129 Å². The Bertz CT molecular complexity index is 760. The monoisotopic (exact) mass is 297 g/mol. The number of nitrogens with zero attached hydrogens (tertiary/aromatic N) is 2. The standard InChI is InChI=1S/C17H19N3O2/c1-11-12-7-5-6-8-14(12)19-16(13(11)10-18)20-15(21)9-17(2,3)22-4/h5-8H,9H2,1-4H3,(H,19,20,21). The van der Waals surface area contributed by atoms with Crippen molar-refractivity contribution < 1.29 is 9.53 Å². The second kappa shape index (κ2) is 6.12. The maximum absolute atomic E-state index is 12.2. The highest BCUT2D eigenvalue weighted by molar-refractivity contribution is 5.95. The fraction of sp³-hybridized carbons (Fsp3) is 0.353. The number of para-hydroxylation sites is 1. The Morgan fingerprint density at radius 2 is 2.09 bits per heavy atom. The van der Waals surface area contributed by atoms with Crippen molar-refractivity contribution in [2.24, 2.45) is 0 Å². The molecule has 0 radical (unpaired) electrons. The van der Waals surface area contributed by atoms with E-state index in [4.69, 9.17) is 4.74 Å². The highest BCUT2D eigenvalue weighted by Crippen LogP contribution is 2.25. The molecule has 2 rings (SSSR count). The normalized spacial score (nSPS) is 11.2. The molecule has 0 bridgehead atoms. The third kappa shape index (κ3) is 3.23. The summed E-state index contributed by atoms with van der Waals surface area (Å²) in [6, 6.07) is 9.68. The predicted molar refractivity (Wildman–Crippen MR) is 85.5 cm³/mol. The number of rotatable bonds is 4. The van der Waals surface area contributed by atoms with Crippen molar-refractivity contribution in [3.05, 3.63) is 35.4 Å². The molecule has 0 aliphatic heterocycles. The van der Waals surface area contributed by atoms with Gasteiger partial charge < -0.3 is 10.1 Å². The highest BCUT2D eigenvalue weighted by Gasteiger charge is 2.22. The molecule has 5 nitrogen and oxygen atoms in total. The molecule has 5 heteroatoms. The van der Waals surface area contributed by atoms with Crippen molar-refractivity contribution in [2.75, 3.05) is 12.4 Å². The number of aryl methyl sites for hydroxylation is 1. The van der Waals surface area contributed by atoms with Gasteiger partial charge in [0.15, 0.2) is 5.82 Å². The van der Waals surface area contributed by atoms with Crippen LogP contribution in [0.5, 0.6) is 0 Å². The third-order valence-electron chi connectivity index (χ3n) is 3.66. The van der Waals surface area contributed by atoms with E-state index in [2.05, 4.69) is 16.4 Å². The zero-order chi connectivity index (χ0) is 16.3. The van der Waals surface area contributed by atoms with Gasteiger partial charge in [-0.15, -0.1) is 0 Å². The fourth-order valence-electron chi connectivity index (χ4n) is 2.24. The number of carbonyl (C=O) groups is 1. The van der Waals surface area contributed by atoms with Gasteiger partial charge in [0, 0.05) is 12.5 Å². The fourth-order valence-corrected chi connectivity index (χ4v) is 2.24. The van der Waals surface area contributed by atoms with Crippen LogP contribution in [0.3, 0.4) is 0 Å². The van der Waals surface area contributed by atoms with Crippen molar-refractivity contribution in [1.29, 1.82) is 5.26 Å². The molecule has 1 amide bonds. The van der Waals surface area contributed by atoms with Crippen LogP contribution in [0.4, 0.5) is 5.82 Å². The molecular weight excluding hydrogens is 278 g/mol. The van der Waals surface area contributed by atoms with E-state index in [1.165, 1.54) is 0 Å². The molecule has 1 aromatic carbocycles. The number of hydrogen-bond donors (Lipinski definition) is 1. The van der Waals surface area contributed by atoms with Crippen molar-refractivity contribution in [3.63, 3.8) is 0 Å². The van der Waals surface area contributed by atoms with Gasteiger partial charge in [0.25, 0.3) is 0 Å². The first kappa shape index (κ1) is 15.9. The van der Waals surface area contributed by atoms with Crippen LogP contribution in [0.25, 0.3) is 10.9 Å². The van der Waals surface area contributed by atoms with Gasteiger partial charge in [-0.2, -0.15) is 5.26 Å². The van der Waals surface area contributed by atoms with Crippen molar-refractivity contribution in [2.45, 2.75) is 32.8 Å². The first-order valence-corrected chi connectivity index (χ1v) is 7.02. The number of nitriles is 1. The summed E-state index contributed by atoms with van der Waals surface area (Å²) in [7, 11) is 1.56. The molecule has 0 aliphatic rings. The van der Waals surface area contributed by atoms with Crippen LogP contribution in [-0.4, -0.2) is 23.6 Å². The number of methoxy groups -OCH3 is 1. The summed E-state index contributed by atoms with van der Waals surface area (Å²) < 4.78 is 5.25. The van der Waals surface area contributed by atoms with Crippen molar-refractivity contribution in [1.82, 2.24) is 4.98 Å². The smallest absolute Gasteiger partial charge is 0.228 e. The number of pyridine rings is 1. The number of fused-ring (bicyclic) bond motifs is 1. The van der Waals surface area contributed by atoms with Crippen molar-refractivity contribution >= 4 is 22.6 Å². The zero-order valence-electron chi connectivity index (χ0n) is 13.2. The third-order valence-corrected chi connectivity index (χ3v) is 3.66. The second-order valence-corrected chi connectivity index (χ2v) is 5.78. The van der Waals surface area contributed by atoms with Crippen LogP contribution in [-0.2, 0) is 9.53 Å². The maximum atomic E-state index is 12.2. The number of nitrogens with one attached hydrogen (secondary N) is 1. The van der Waals surface area contributed by atoms with Gasteiger partial charge in [-0.25, -0.2) is 4.98 Å².